The first kappa shape index (κ1) is 13.6. The third kappa shape index (κ3) is 3.05. The van der Waals surface area contributed by atoms with E-state index >= 15 is 0 Å². The van der Waals surface area contributed by atoms with Crippen LogP contribution in [0.25, 0.3) is 0 Å². The molecule has 3 rings (SSSR count). The SMILES string of the molecule is O=C(c1ccc[n+]([O-])c1)N1CCCC1Cc1ccccc1. The molecule has 1 aliphatic rings. The van der Waals surface area contributed by atoms with Gasteiger partial charge in [0.2, 0.25) is 0 Å². The lowest BCUT2D eigenvalue weighted by Gasteiger charge is -2.24. The number of amides is 1. The van der Waals surface area contributed by atoms with Gasteiger partial charge in [-0.05, 0) is 30.9 Å². The molecule has 4 heteroatoms. The molecule has 0 aliphatic carbocycles. The zero-order chi connectivity index (χ0) is 14.7. The van der Waals surface area contributed by atoms with Crippen LogP contribution in [-0.4, -0.2) is 23.4 Å². The molecule has 4 nitrogen and oxygen atoms in total. The Hall–Kier alpha value is -2.36. The van der Waals surface area contributed by atoms with Crippen molar-refractivity contribution in [3.63, 3.8) is 0 Å². The van der Waals surface area contributed by atoms with Crippen molar-refractivity contribution in [2.75, 3.05) is 6.54 Å². The summed E-state index contributed by atoms with van der Waals surface area (Å²) >= 11 is 0. The molecule has 0 bridgehead atoms. The van der Waals surface area contributed by atoms with Gasteiger partial charge in [0, 0.05) is 18.7 Å². The van der Waals surface area contributed by atoms with E-state index in [0.29, 0.717) is 10.3 Å². The fourth-order valence-corrected chi connectivity index (χ4v) is 2.95. The standard InChI is InChI=1S/C17H18N2O2/c20-17(15-8-4-10-18(21)13-15)19-11-5-9-16(19)12-14-6-2-1-3-7-14/h1-4,6-8,10,13,16H,5,9,11-12H2. The van der Waals surface area contributed by atoms with E-state index in [1.54, 1.807) is 12.1 Å². The van der Waals surface area contributed by atoms with Gasteiger partial charge in [-0.15, -0.1) is 0 Å². The summed E-state index contributed by atoms with van der Waals surface area (Å²) in [6.07, 6.45) is 5.65. The molecule has 0 radical (unpaired) electrons. The summed E-state index contributed by atoms with van der Waals surface area (Å²) in [6.45, 7) is 0.768. The van der Waals surface area contributed by atoms with E-state index in [1.165, 1.54) is 18.0 Å². The van der Waals surface area contributed by atoms with Gasteiger partial charge in [0.25, 0.3) is 5.91 Å². The van der Waals surface area contributed by atoms with E-state index in [2.05, 4.69) is 12.1 Å². The fourth-order valence-electron chi connectivity index (χ4n) is 2.95. The molecule has 2 aromatic rings. The highest BCUT2D eigenvalue weighted by atomic mass is 16.5. The lowest BCUT2D eigenvalue weighted by molar-refractivity contribution is -0.605. The van der Waals surface area contributed by atoms with Crippen molar-refractivity contribution in [2.24, 2.45) is 0 Å². The average Bonchev–Trinajstić information content (AvgIpc) is 2.95. The third-order valence-electron chi connectivity index (χ3n) is 3.97. The molecule has 1 aromatic heterocycles. The van der Waals surface area contributed by atoms with E-state index < -0.39 is 0 Å². The largest absolute Gasteiger partial charge is 0.619 e. The monoisotopic (exact) mass is 282 g/mol. The van der Waals surface area contributed by atoms with Crippen molar-refractivity contribution >= 4 is 5.91 Å². The van der Waals surface area contributed by atoms with Crippen LogP contribution in [0.4, 0.5) is 0 Å². The molecular weight excluding hydrogens is 264 g/mol. The quantitative estimate of drug-likeness (QED) is 0.640. The van der Waals surface area contributed by atoms with Gasteiger partial charge in [-0.25, -0.2) is 0 Å². The van der Waals surface area contributed by atoms with Crippen LogP contribution in [0.1, 0.15) is 28.8 Å². The second-order valence-corrected chi connectivity index (χ2v) is 5.44. The number of nitrogens with zero attached hydrogens (tertiary/aromatic N) is 2. The predicted octanol–water partition coefficient (Wildman–Crippen LogP) is 2.17. The highest BCUT2D eigenvalue weighted by Gasteiger charge is 2.30. The summed E-state index contributed by atoms with van der Waals surface area (Å²) < 4.78 is 0.676. The first-order chi connectivity index (χ1) is 10.2. The van der Waals surface area contributed by atoms with Crippen LogP contribution in [-0.2, 0) is 6.42 Å². The van der Waals surface area contributed by atoms with Crippen molar-refractivity contribution in [1.29, 1.82) is 0 Å². The number of hydrogen-bond acceptors (Lipinski definition) is 2. The maximum Gasteiger partial charge on any atom is 0.260 e. The highest BCUT2D eigenvalue weighted by Crippen LogP contribution is 2.23. The van der Waals surface area contributed by atoms with Crippen LogP contribution in [0, 0.1) is 5.21 Å². The summed E-state index contributed by atoms with van der Waals surface area (Å²) in [5.74, 6) is -0.0429. The summed E-state index contributed by atoms with van der Waals surface area (Å²) in [7, 11) is 0. The summed E-state index contributed by atoms with van der Waals surface area (Å²) in [6, 6.07) is 13.8. The first-order valence-electron chi connectivity index (χ1n) is 7.28. The number of aromatic nitrogens is 1. The van der Waals surface area contributed by atoms with E-state index in [-0.39, 0.29) is 11.9 Å². The molecule has 1 fully saturated rings. The zero-order valence-electron chi connectivity index (χ0n) is 11.8. The van der Waals surface area contributed by atoms with Crippen LogP contribution >= 0.6 is 0 Å². The number of pyridine rings is 1. The lowest BCUT2D eigenvalue weighted by atomic mass is 10.0. The number of rotatable bonds is 3. The minimum Gasteiger partial charge on any atom is -0.619 e. The number of hydrogen-bond donors (Lipinski definition) is 0. The highest BCUT2D eigenvalue weighted by molar-refractivity contribution is 5.94. The number of benzene rings is 1. The van der Waals surface area contributed by atoms with Gasteiger partial charge in [-0.2, -0.15) is 4.73 Å². The number of carbonyl (C=O) groups is 1. The average molecular weight is 282 g/mol. The molecule has 1 saturated heterocycles. The Bertz CT molecular complexity index is 628. The van der Waals surface area contributed by atoms with Gasteiger partial charge >= 0.3 is 0 Å². The van der Waals surface area contributed by atoms with Crippen LogP contribution in [0.2, 0.25) is 0 Å². The maximum atomic E-state index is 12.6. The summed E-state index contributed by atoms with van der Waals surface area (Å²) in [5.41, 5.74) is 1.71. The van der Waals surface area contributed by atoms with Crippen LogP contribution < -0.4 is 4.73 Å². The molecule has 1 atom stereocenters. The van der Waals surface area contributed by atoms with Gasteiger partial charge in [0.1, 0.15) is 5.56 Å². The molecule has 21 heavy (non-hydrogen) atoms. The smallest absolute Gasteiger partial charge is 0.260 e. The van der Waals surface area contributed by atoms with E-state index in [9.17, 15) is 10.0 Å². The van der Waals surface area contributed by atoms with Crippen molar-refractivity contribution in [1.82, 2.24) is 4.90 Å². The molecule has 0 N–H and O–H groups in total. The van der Waals surface area contributed by atoms with Gasteiger partial charge in [-0.3, -0.25) is 4.79 Å². The molecular formula is C17H18N2O2. The van der Waals surface area contributed by atoms with Crippen LogP contribution in [0.5, 0.6) is 0 Å². The van der Waals surface area contributed by atoms with E-state index in [0.717, 1.165) is 25.8 Å². The fraction of sp³-hybridized carbons (Fsp3) is 0.294. The van der Waals surface area contributed by atoms with Crippen molar-refractivity contribution in [3.8, 4) is 0 Å². The Kier molecular flexibility index (Phi) is 3.86. The molecule has 1 amide bonds. The Morgan fingerprint density at radius 3 is 2.81 bits per heavy atom. The molecule has 0 saturated carbocycles. The molecule has 2 heterocycles. The van der Waals surface area contributed by atoms with Gasteiger partial charge in [-0.1, -0.05) is 30.3 Å². The van der Waals surface area contributed by atoms with Crippen molar-refractivity contribution < 1.29 is 9.52 Å². The topological polar surface area (TPSA) is 47.2 Å². The van der Waals surface area contributed by atoms with E-state index in [1.807, 2.05) is 23.1 Å². The predicted molar refractivity (Wildman–Crippen MR) is 79.6 cm³/mol. The lowest BCUT2D eigenvalue weighted by Crippen LogP contribution is -2.38. The second kappa shape index (κ2) is 5.95. The minimum atomic E-state index is -0.0429. The Labute approximate surface area is 124 Å². The maximum absolute atomic E-state index is 12.6. The number of likely N-dealkylation sites (tertiary alicyclic amines) is 1. The Balaban J connectivity index is 1.76. The molecule has 1 aromatic carbocycles. The molecule has 108 valence electrons. The Morgan fingerprint density at radius 1 is 1.24 bits per heavy atom. The van der Waals surface area contributed by atoms with Crippen LogP contribution in [0.3, 0.4) is 0 Å². The van der Waals surface area contributed by atoms with Gasteiger partial charge in [0.05, 0.1) is 0 Å². The molecule has 0 spiro atoms. The minimum absolute atomic E-state index is 0.0429. The molecule has 1 aliphatic heterocycles. The van der Waals surface area contributed by atoms with Gasteiger partial charge < -0.3 is 10.1 Å². The van der Waals surface area contributed by atoms with Crippen molar-refractivity contribution in [3.05, 3.63) is 71.2 Å². The van der Waals surface area contributed by atoms with Crippen molar-refractivity contribution in [2.45, 2.75) is 25.3 Å². The number of carbonyl (C=O) groups excluding carboxylic acids is 1. The second-order valence-electron chi connectivity index (χ2n) is 5.44. The normalized spacial score (nSPS) is 17.9. The van der Waals surface area contributed by atoms with Gasteiger partial charge in [0.15, 0.2) is 12.4 Å². The summed E-state index contributed by atoms with van der Waals surface area (Å²) in [4.78, 5) is 14.5. The first-order valence-corrected chi connectivity index (χ1v) is 7.28. The zero-order valence-corrected chi connectivity index (χ0v) is 11.8. The third-order valence-corrected chi connectivity index (χ3v) is 3.97. The van der Waals surface area contributed by atoms with E-state index in [4.69, 9.17) is 0 Å². The summed E-state index contributed by atoms with van der Waals surface area (Å²) in [5, 5.41) is 11.3. The molecule has 1 unspecified atom stereocenters. The Morgan fingerprint density at radius 2 is 2.05 bits per heavy atom. The van der Waals surface area contributed by atoms with Crippen LogP contribution in [0.15, 0.2) is 54.9 Å².